The first-order chi connectivity index (χ1) is 22.7. The fraction of sp³-hybridized carbons (Fsp3) is 0.545. The number of benzene rings is 2. The highest BCUT2D eigenvalue weighted by molar-refractivity contribution is 7.90. The Morgan fingerprint density at radius 2 is 1.79 bits per heavy atom. The van der Waals surface area contributed by atoms with E-state index in [1.807, 2.05) is 44.2 Å². The second-order valence-electron chi connectivity index (χ2n) is 13.0. The topological polar surface area (TPSA) is 174 Å². The molecule has 2 saturated heterocycles. The van der Waals surface area contributed by atoms with Gasteiger partial charge in [0, 0.05) is 30.6 Å². The first-order valence-electron chi connectivity index (χ1n) is 16.2. The van der Waals surface area contributed by atoms with Crippen molar-refractivity contribution in [3.63, 3.8) is 0 Å². The van der Waals surface area contributed by atoms with E-state index in [9.17, 15) is 26.7 Å². The molecule has 0 aliphatic carbocycles. The summed E-state index contributed by atoms with van der Waals surface area (Å²) in [6.45, 7) is 7.30. The maximum atomic E-state index is 14.2. The minimum atomic E-state index is -4.18. The van der Waals surface area contributed by atoms with Crippen LogP contribution < -0.4 is 10.0 Å². The van der Waals surface area contributed by atoms with Crippen molar-refractivity contribution in [3.8, 4) is 0 Å². The molecule has 0 radical (unpaired) electrons. The van der Waals surface area contributed by atoms with Gasteiger partial charge in [-0.15, -0.1) is 0 Å². The van der Waals surface area contributed by atoms with E-state index in [-0.39, 0.29) is 49.4 Å². The van der Waals surface area contributed by atoms with Crippen LogP contribution in [0.3, 0.4) is 0 Å². The van der Waals surface area contributed by atoms with E-state index in [1.54, 1.807) is 13.8 Å². The SMILES string of the molecule is CC(C)CN(C[C@@H](O)[C@H](Cc1ccccc1)NC(=O)O[C@H]1CO[C@H]2OCC[C@H]21)S(=O)(=O)c1ccc2occ(CNS(=O)(=O)C(C)C)c2c1. The fourth-order valence-corrected chi connectivity index (χ4v) is 8.23. The van der Waals surface area contributed by atoms with E-state index in [0.717, 1.165) is 5.56 Å². The second kappa shape index (κ2) is 15.2. The summed E-state index contributed by atoms with van der Waals surface area (Å²) in [5.74, 6) is -0.163. The number of hydrogen-bond acceptors (Lipinski definition) is 10. The van der Waals surface area contributed by atoms with Crippen LogP contribution in [0.15, 0.2) is 64.1 Å². The molecular weight excluding hydrogens is 663 g/mol. The molecule has 1 aromatic heterocycles. The number of ether oxygens (including phenoxy) is 3. The van der Waals surface area contributed by atoms with Gasteiger partial charge in [-0.25, -0.2) is 26.4 Å². The molecule has 15 heteroatoms. The standard InChI is InChI=1S/C33H45N3O10S2/c1-21(2)17-36(48(41,42)25-10-11-30-27(15-25)24(19-44-30)16-34-47(39,40)22(3)4)18-29(37)28(14-23-8-6-5-7-9-23)35-33(38)46-31-20-45-32-26(31)12-13-43-32/h5-11,15,19,21-22,26,28-29,31-32,34,37H,12-14,16-18,20H2,1-4H3,(H,35,38)/t26-,28-,29+,31-,32+/m0/s1. The average Bonchev–Trinajstić information content (AvgIpc) is 3.77. The number of aliphatic hydroxyl groups excluding tert-OH is 1. The van der Waals surface area contributed by atoms with Crippen molar-refractivity contribution in [2.75, 3.05) is 26.3 Å². The molecule has 5 rings (SSSR count). The number of rotatable bonds is 15. The Hall–Kier alpha value is -3.05. The van der Waals surface area contributed by atoms with Gasteiger partial charge in [0.1, 0.15) is 11.7 Å². The first kappa shape index (κ1) is 36.2. The molecule has 5 atom stereocenters. The van der Waals surface area contributed by atoms with Crippen molar-refractivity contribution in [2.24, 2.45) is 11.8 Å². The van der Waals surface area contributed by atoms with Crippen LogP contribution in [-0.4, -0.2) is 88.4 Å². The monoisotopic (exact) mass is 707 g/mol. The van der Waals surface area contributed by atoms with Gasteiger partial charge in [-0.3, -0.25) is 0 Å². The Balaban J connectivity index is 1.36. The molecule has 13 nitrogen and oxygen atoms in total. The highest BCUT2D eigenvalue weighted by Crippen LogP contribution is 2.33. The third-order valence-electron chi connectivity index (χ3n) is 8.62. The molecule has 0 saturated carbocycles. The predicted octanol–water partition coefficient (Wildman–Crippen LogP) is 3.37. The zero-order chi connectivity index (χ0) is 34.6. The first-order valence-corrected chi connectivity index (χ1v) is 19.1. The van der Waals surface area contributed by atoms with Gasteiger partial charge in [-0.1, -0.05) is 44.2 Å². The Labute approximate surface area is 282 Å². The third-order valence-corrected chi connectivity index (χ3v) is 12.2. The van der Waals surface area contributed by atoms with Gasteiger partial charge >= 0.3 is 6.09 Å². The fourth-order valence-electron chi connectivity index (χ4n) is 5.89. The number of alkyl carbamates (subject to hydrolysis) is 1. The Morgan fingerprint density at radius 3 is 2.50 bits per heavy atom. The maximum Gasteiger partial charge on any atom is 0.407 e. The van der Waals surface area contributed by atoms with E-state index in [2.05, 4.69) is 10.0 Å². The summed E-state index contributed by atoms with van der Waals surface area (Å²) in [7, 11) is -7.75. The van der Waals surface area contributed by atoms with Crippen LogP contribution in [0, 0.1) is 11.8 Å². The van der Waals surface area contributed by atoms with Gasteiger partial charge in [-0.2, -0.15) is 4.31 Å². The molecule has 3 N–H and O–H groups in total. The van der Waals surface area contributed by atoms with Crippen molar-refractivity contribution >= 4 is 37.1 Å². The van der Waals surface area contributed by atoms with Gasteiger partial charge in [0.15, 0.2) is 6.29 Å². The van der Waals surface area contributed by atoms with Gasteiger partial charge in [-0.05, 0) is 56.4 Å². The summed E-state index contributed by atoms with van der Waals surface area (Å²) < 4.78 is 79.1. The molecule has 0 unspecified atom stereocenters. The van der Waals surface area contributed by atoms with Crippen LogP contribution in [0.5, 0.6) is 0 Å². The van der Waals surface area contributed by atoms with Gasteiger partial charge in [0.05, 0.1) is 47.7 Å². The number of furan rings is 1. The van der Waals surface area contributed by atoms with Crippen molar-refractivity contribution in [1.29, 1.82) is 0 Å². The van der Waals surface area contributed by atoms with E-state index >= 15 is 0 Å². The number of fused-ring (bicyclic) bond motifs is 2. The van der Waals surface area contributed by atoms with Crippen LogP contribution in [0.4, 0.5) is 4.79 Å². The molecule has 0 spiro atoms. The lowest BCUT2D eigenvalue weighted by molar-refractivity contribution is -0.0907. The molecule has 3 heterocycles. The maximum absolute atomic E-state index is 14.2. The number of nitrogens with one attached hydrogen (secondary N) is 2. The minimum Gasteiger partial charge on any atom is -0.464 e. The van der Waals surface area contributed by atoms with Crippen molar-refractivity contribution < 1.29 is 45.4 Å². The van der Waals surface area contributed by atoms with Crippen LogP contribution in [0.25, 0.3) is 11.0 Å². The second-order valence-corrected chi connectivity index (χ2v) is 17.3. The summed E-state index contributed by atoms with van der Waals surface area (Å²) in [6.07, 6.45) is -0.609. The van der Waals surface area contributed by atoms with Crippen LogP contribution in [0.2, 0.25) is 0 Å². The molecule has 48 heavy (non-hydrogen) atoms. The molecule has 2 aromatic carbocycles. The lowest BCUT2D eigenvalue weighted by atomic mass is 10.0. The van der Waals surface area contributed by atoms with Gasteiger partial charge in [0.25, 0.3) is 0 Å². The summed E-state index contributed by atoms with van der Waals surface area (Å²) in [4.78, 5) is 13.1. The number of carbonyl (C=O) groups is 1. The number of sulfonamides is 2. The van der Waals surface area contributed by atoms with E-state index in [1.165, 1.54) is 28.8 Å². The number of nitrogens with zero attached hydrogens (tertiary/aromatic N) is 1. The molecule has 2 aliphatic heterocycles. The van der Waals surface area contributed by atoms with E-state index in [4.69, 9.17) is 18.6 Å². The molecule has 0 bridgehead atoms. The normalized spacial score (nSPS) is 21.2. The summed E-state index contributed by atoms with van der Waals surface area (Å²) >= 11 is 0. The third kappa shape index (κ3) is 8.56. The molecule has 1 amide bonds. The molecule has 3 aromatic rings. The Morgan fingerprint density at radius 1 is 1.04 bits per heavy atom. The van der Waals surface area contributed by atoms with Gasteiger partial charge < -0.3 is 29.1 Å². The number of carbonyl (C=O) groups excluding carboxylic acids is 1. The highest BCUT2D eigenvalue weighted by atomic mass is 32.2. The lowest BCUT2D eigenvalue weighted by Crippen LogP contribution is -2.51. The number of hydrogen-bond donors (Lipinski definition) is 3. The highest BCUT2D eigenvalue weighted by Gasteiger charge is 2.44. The van der Waals surface area contributed by atoms with E-state index in [0.29, 0.717) is 29.6 Å². The predicted molar refractivity (Wildman–Crippen MR) is 178 cm³/mol. The summed E-state index contributed by atoms with van der Waals surface area (Å²) in [5, 5.41) is 14.2. The lowest BCUT2D eigenvalue weighted by Gasteiger charge is -2.31. The average molecular weight is 708 g/mol. The summed E-state index contributed by atoms with van der Waals surface area (Å²) in [5.41, 5.74) is 1.71. The molecule has 264 valence electrons. The molecule has 2 fully saturated rings. The molecular formula is C33H45N3O10S2. The molecule has 2 aliphatic rings. The number of aliphatic hydroxyl groups is 1. The van der Waals surface area contributed by atoms with E-state index < -0.39 is 55.9 Å². The van der Waals surface area contributed by atoms with Crippen LogP contribution in [0.1, 0.15) is 45.2 Å². The Kier molecular flexibility index (Phi) is 11.5. The zero-order valence-corrected chi connectivity index (χ0v) is 29.2. The number of amides is 1. The van der Waals surface area contributed by atoms with Crippen LogP contribution in [-0.2, 0) is 47.2 Å². The largest absolute Gasteiger partial charge is 0.464 e. The van der Waals surface area contributed by atoms with Crippen molar-refractivity contribution in [1.82, 2.24) is 14.3 Å². The van der Waals surface area contributed by atoms with Crippen molar-refractivity contribution in [3.05, 3.63) is 65.9 Å². The van der Waals surface area contributed by atoms with Crippen LogP contribution >= 0.6 is 0 Å². The smallest absolute Gasteiger partial charge is 0.407 e. The Bertz CT molecular complexity index is 1760. The van der Waals surface area contributed by atoms with Gasteiger partial charge in [0.2, 0.25) is 20.0 Å². The van der Waals surface area contributed by atoms with Crippen molar-refractivity contribution in [2.45, 2.75) is 81.8 Å². The minimum absolute atomic E-state index is 0.0428. The summed E-state index contributed by atoms with van der Waals surface area (Å²) in [6, 6.07) is 12.8. The zero-order valence-electron chi connectivity index (χ0n) is 27.6. The quantitative estimate of drug-likeness (QED) is 0.213.